The number of aryl methyl sites for hydroxylation is 2. The molecule has 0 fully saturated rings. The molecule has 1 aromatic rings. The lowest BCUT2D eigenvalue weighted by Gasteiger charge is -2.05. The molecule has 0 spiro atoms. The molecule has 122 valence electrons. The molecular weight excluding hydrogens is 272 g/mol. The lowest BCUT2D eigenvalue weighted by atomic mass is 10.0. The van der Waals surface area contributed by atoms with E-state index in [0.29, 0.717) is 0 Å². The third-order valence-electron chi connectivity index (χ3n) is 4.43. The first-order chi connectivity index (χ1) is 10.4. The highest BCUT2D eigenvalue weighted by atomic mass is 32.1. The van der Waals surface area contributed by atoms with E-state index in [2.05, 4.69) is 24.6 Å². The minimum Gasteiger partial charge on any atom is -0.152 e. The van der Waals surface area contributed by atoms with Crippen molar-refractivity contribution in [1.82, 2.24) is 0 Å². The first kappa shape index (κ1) is 18.7. The van der Waals surface area contributed by atoms with Crippen LogP contribution in [0.4, 0.5) is 0 Å². The van der Waals surface area contributed by atoms with Crippen LogP contribution < -0.4 is 0 Å². The van der Waals surface area contributed by atoms with Crippen molar-refractivity contribution in [3.63, 3.8) is 0 Å². The Kier molecular flexibility index (Phi) is 11.9. The second kappa shape index (κ2) is 13.4. The molecule has 0 aromatic carbocycles. The second-order valence-electron chi connectivity index (χ2n) is 6.46. The topological polar surface area (TPSA) is 0 Å². The number of rotatable bonds is 14. The van der Waals surface area contributed by atoms with Gasteiger partial charge in [0.15, 0.2) is 0 Å². The summed E-state index contributed by atoms with van der Waals surface area (Å²) < 4.78 is 0. The Morgan fingerprint density at radius 3 is 1.43 bits per heavy atom. The molecule has 0 aliphatic heterocycles. The average molecular weight is 309 g/mol. The van der Waals surface area contributed by atoms with E-state index in [1.807, 2.05) is 11.3 Å². The third kappa shape index (κ3) is 9.34. The van der Waals surface area contributed by atoms with Crippen molar-refractivity contribution in [2.45, 2.75) is 104 Å². The Bertz CT molecular complexity index is 326. The quantitative estimate of drug-likeness (QED) is 0.311. The van der Waals surface area contributed by atoms with Gasteiger partial charge in [-0.3, -0.25) is 0 Å². The highest BCUT2D eigenvalue weighted by molar-refractivity contribution is 7.08. The zero-order valence-corrected chi connectivity index (χ0v) is 15.3. The molecule has 0 radical (unpaired) electrons. The molecule has 0 N–H and O–H groups in total. The lowest BCUT2D eigenvalue weighted by molar-refractivity contribution is 0.575. The van der Waals surface area contributed by atoms with Gasteiger partial charge in [0.1, 0.15) is 0 Å². The highest BCUT2D eigenvalue weighted by Crippen LogP contribution is 2.21. The minimum atomic E-state index is 1.32. The summed E-state index contributed by atoms with van der Waals surface area (Å²) in [4.78, 5) is 0. The van der Waals surface area contributed by atoms with Crippen molar-refractivity contribution in [2.75, 3.05) is 0 Å². The molecule has 0 atom stereocenters. The van der Waals surface area contributed by atoms with Crippen LogP contribution in [0.5, 0.6) is 0 Å². The first-order valence-electron chi connectivity index (χ1n) is 9.42. The first-order valence-corrected chi connectivity index (χ1v) is 10.4. The van der Waals surface area contributed by atoms with Crippen LogP contribution >= 0.6 is 11.3 Å². The smallest absolute Gasteiger partial charge is 0.00584 e. The number of unbranched alkanes of at least 4 members (excludes halogenated alkanes) is 10. The van der Waals surface area contributed by atoms with Gasteiger partial charge in [-0.15, -0.1) is 0 Å². The summed E-state index contributed by atoms with van der Waals surface area (Å²) in [6, 6.07) is 0. The predicted molar refractivity (Wildman–Crippen MR) is 98.5 cm³/mol. The molecule has 0 amide bonds. The predicted octanol–water partition coefficient (Wildman–Crippen LogP) is 7.55. The summed E-state index contributed by atoms with van der Waals surface area (Å²) >= 11 is 1.91. The van der Waals surface area contributed by atoms with Gasteiger partial charge in [-0.1, -0.05) is 78.1 Å². The molecular formula is C20H36S. The number of hydrogen-bond donors (Lipinski definition) is 0. The van der Waals surface area contributed by atoms with Gasteiger partial charge in [0.05, 0.1) is 0 Å². The minimum absolute atomic E-state index is 1.32. The second-order valence-corrected chi connectivity index (χ2v) is 7.20. The summed E-state index contributed by atoms with van der Waals surface area (Å²) in [5.74, 6) is 0. The van der Waals surface area contributed by atoms with Crippen molar-refractivity contribution >= 4 is 11.3 Å². The monoisotopic (exact) mass is 308 g/mol. The van der Waals surface area contributed by atoms with Crippen LogP contribution in [0.2, 0.25) is 0 Å². The highest BCUT2D eigenvalue weighted by Gasteiger charge is 2.03. The standard InChI is InChI=1S/C20H36S/c1-3-5-7-9-10-11-12-14-16-20-18-21-17-19(20)15-13-8-6-4-2/h17-18H,3-16H2,1-2H3. The van der Waals surface area contributed by atoms with E-state index < -0.39 is 0 Å². The summed E-state index contributed by atoms with van der Waals surface area (Å²) in [7, 11) is 0. The van der Waals surface area contributed by atoms with E-state index in [1.54, 1.807) is 11.1 Å². The van der Waals surface area contributed by atoms with E-state index in [0.717, 1.165) is 0 Å². The average Bonchev–Trinajstić information content (AvgIpc) is 2.94. The van der Waals surface area contributed by atoms with E-state index in [1.165, 1.54) is 89.9 Å². The van der Waals surface area contributed by atoms with Crippen molar-refractivity contribution in [1.29, 1.82) is 0 Å². The zero-order valence-electron chi connectivity index (χ0n) is 14.5. The maximum absolute atomic E-state index is 2.40. The number of thiophene rings is 1. The SMILES string of the molecule is CCCCCCCCCCc1cscc1CCCCCC. The summed E-state index contributed by atoms with van der Waals surface area (Å²) in [5.41, 5.74) is 3.31. The van der Waals surface area contributed by atoms with Crippen LogP contribution in [0.3, 0.4) is 0 Å². The zero-order chi connectivity index (χ0) is 15.2. The normalized spacial score (nSPS) is 11.1. The maximum atomic E-state index is 2.40. The Hall–Kier alpha value is -0.300. The molecule has 1 heteroatoms. The van der Waals surface area contributed by atoms with Crippen molar-refractivity contribution < 1.29 is 0 Å². The fraction of sp³-hybridized carbons (Fsp3) is 0.800. The Morgan fingerprint density at radius 2 is 0.952 bits per heavy atom. The molecule has 1 rings (SSSR count). The van der Waals surface area contributed by atoms with Gasteiger partial charge in [0, 0.05) is 0 Å². The Labute approximate surface area is 137 Å². The van der Waals surface area contributed by atoms with E-state index in [4.69, 9.17) is 0 Å². The molecule has 1 aromatic heterocycles. The van der Waals surface area contributed by atoms with Gasteiger partial charge < -0.3 is 0 Å². The van der Waals surface area contributed by atoms with Crippen LogP contribution in [0.1, 0.15) is 102 Å². The number of hydrogen-bond acceptors (Lipinski definition) is 1. The van der Waals surface area contributed by atoms with Gasteiger partial charge in [0.25, 0.3) is 0 Å². The third-order valence-corrected chi connectivity index (χ3v) is 5.27. The lowest BCUT2D eigenvalue weighted by Crippen LogP contribution is -1.91. The van der Waals surface area contributed by atoms with E-state index in [-0.39, 0.29) is 0 Å². The largest absolute Gasteiger partial charge is 0.152 e. The van der Waals surface area contributed by atoms with Gasteiger partial charge in [-0.25, -0.2) is 0 Å². The molecule has 1 heterocycles. The van der Waals surface area contributed by atoms with Gasteiger partial charge in [0.2, 0.25) is 0 Å². The fourth-order valence-corrected chi connectivity index (χ4v) is 3.92. The van der Waals surface area contributed by atoms with Crippen molar-refractivity contribution in [3.8, 4) is 0 Å². The summed E-state index contributed by atoms with van der Waals surface area (Å²) in [6.07, 6.45) is 19.6. The molecule has 21 heavy (non-hydrogen) atoms. The van der Waals surface area contributed by atoms with E-state index in [9.17, 15) is 0 Å². The van der Waals surface area contributed by atoms with Crippen LogP contribution in [0.25, 0.3) is 0 Å². The Morgan fingerprint density at radius 1 is 0.571 bits per heavy atom. The van der Waals surface area contributed by atoms with Crippen molar-refractivity contribution in [3.05, 3.63) is 21.9 Å². The fourth-order valence-electron chi connectivity index (χ4n) is 2.98. The van der Waals surface area contributed by atoms with Crippen LogP contribution in [-0.4, -0.2) is 0 Å². The van der Waals surface area contributed by atoms with Gasteiger partial charge >= 0.3 is 0 Å². The van der Waals surface area contributed by atoms with Crippen LogP contribution in [-0.2, 0) is 12.8 Å². The molecule has 0 aliphatic rings. The molecule has 0 saturated carbocycles. The molecule has 0 aliphatic carbocycles. The Balaban J connectivity index is 2.05. The molecule has 0 bridgehead atoms. The summed E-state index contributed by atoms with van der Waals surface area (Å²) in [6.45, 7) is 4.58. The van der Waals surface area contributed by atoms with Gasteiger partial charge in [-0.2, -0.15) is 11.3 Å². The van der Waals surface area contributed by atoms with Crippen LogP contribution in [0.15, 0.2) is 10.8 Å². The van der Waals surface area contributed by atoms with E-state index >= 15 is 0 Å². The molecule has 0 unspecified atom stereocenters. The van der Waals surface area contributed by atoms with Gasteiger partial charge in [-0.05, 0) is 47.6 Å². The maximum Gasteiger partial charge on any atom is -0.00584 e. The summed E-state index contributed by atoms with van der Waals surface area (Å²) in [5, 5.41) is 4.79. The molecule has 0 saturated heterocycles. The van der Waals surface area contributed by atoms with Crippen LogP contribution in [0, 0.1) is 0 Å². The molecule has 0 nitrogen and oxygen atoms in total. The van der Waals surface area contributed by atoms with Crippen molar-refractivity contribution in [2.24, 2.45) is 0 Å².